The summed E-state index contributed by atoms with van der Waals surface area (Å²) in [6, 6.07) is 2.12. The normalized spacial score (nSPS) is 29.5. The molecule has 1 unspecified atom stereocenters. The van der Waals surface area contributed by atoms with Crippen LogP contribution < -0.4 is 0 Å². The van der Waals surface area contributed by atoms with Crippen molar-refractivity contribution < 1.29 is 14.6 Å². The van der Waals surface area contributed by atoms with Gasteiger partial charge in [-0.1, -0.05) is 0 Å². The molecule has 1 amide bonds. The fraction of sp³-hybridized carbons (Fsp3) is 0.833. The van der Waals surface area contributed by atoms with E-state index < -0.39 is 11.0 Å². The summed E-state index contributed by atoms with van der Waals surface area (Å²) >= 11 is 0. The number of amides is 1. The van der Waals surface area contributed by atoms with Gasteiger partial charge in [-0.05, 0) is 26.7 Å². The van der Waals surface area contributed by atoms with Gasteiger partial charge >= 0.3 is 0 Å². The Morgan fingerprint density at radius 2 is 2.24 bits per heavy atom. The van der Waals surface area contributed by atoms with Crippen LogP contribution in [0.2, 0.25) is 0 Å². The van der Waals surface area contributed by atoms with E-state index in [1.807, 2.05) is 13.8 Å². The molecule has 5 nitrogen and oxygen atoms in total. The lowest BCUT2D eigenvalue weighted by atomic mass is 10.0. The Morgan fingerprint density at radius 3 is 2.71 bits per heavy atom. The van der Waals surface area contributed by atoms with E-state index in [9.17, 15) is 9.90 Å². The van der Waals surface area contributed by atoms with E-state index in [1.165, 1.54) is 0 Å². The number of ether oxygens (including phenoxy) is 1. The van der Waals surface area contributed by atoms with Gasteiger partial charge in [0, 0.05) is 13.1 Å². The number of aliphatic hydroxyl groups excluding tert-OH is 1. The smallest absolute Gasteiger partial charge is 0.243 e. The number of hydrogen-bond acceptors (Lipinski definition) is 4. The number of carbonyl (C=O) groups excluding carboxylic acids is 1. The Balaban J connectivity index is 2.11. The second-order valence-electron chi connectivity index (χ2n) is 5.56. The average molecular weight is 238 g/mol. The van der Waals surface area contributed by atoms with Crippen molar-refractivity contribution in [3.8, 4) is 6.07 Å². The Bertz CT molecular complexity index is 368. The Kier molecular flexibility index (Phi) is 2.88. The monoisotopic (exact) mass is 238 g/mol. The van der Waals surface area contributed by atoms with Crippen molar-refractivity contribution >= 4 is 5.91 Å². The molecule has 0 aromatic heterocycles. The molecule has 1 heterocycles. The number of carbonyl (C=O) groups is 1. The summed E-state index contributed by atoms with van der Waals surface area (Å²) in [7, 11) is 0. The second kappa shape index (κ2) is 3.97. The highest BCUT2D eigenvalue weighted by atomic mass is 16.5. The van der Waals surface area contributed by atoms with Gasteiger partial charge in [-0.25, -0.2) is 0 Å². The number of nitrogens with zero attached hydrogens (tertiary/aromatic N) is 2. The summed E-state index contributed by atoms with van der Waals surface area (Å²) in [5.74, 6) is -0.102. The number of hydrogen-bond donors (Lipinski definition) is 1. The van der Waals surface area contributed by atoms with E-state index in [-0.39, 0.29) is 18.6 Å². The van der Waals surface area contributed by atoms with Crippen LogP contribution in [-0.2, 0) is 9.53 Å². The van der Waals surface area contributed by atoms with Crippen LogP contribution in [0.25, 0.3) is 0 Å². The zero-order valence-corrected chi connectivity index (χ0v) is 10.3. The fourth-order valence-electron chi connectivity index (χ4n) is 2.35. The third kappa shape index (κ3) is 2.28. The molecule has 2 aliphatic rings. The molecule has 0 aromatic carbocycles. The molecule has 2 fully saturated rings. The van der Waals surface area contributed by atoms with Crippen molar-refractivity contribution in [2.75, 3.05) is 19.7 Å². The molecule has 0 aromatic rings. The molecule has 5 heteroatoms. The van der Waals surface area contributed by atoms with Gasteiger partial charge in [-0.2, -0.15) is 5.26 Å². The van der Waals surface area contributed by atoms with Crippen molar-refractivity contribution in [1.82, 2.24) is 4.90 Å². The van der Waals surface area contributed by atoms with Gasteiger partial charge in [-0.3, -0.25) is 4.79 Å². The van der Waals surface area contributed by atoms with Crippen molar-refractivity contribution in [1.29, 1.82) is 5.26 Å². The fourth-order valence-corrected chi connectivity index (χ4v) is 2.35. The molecule has 0 radical (unpaired) electrons. The quantitative estimate of drug-likeness (QED) is 0.750. The lowest BCUT2D eigenvalue weighted by molar-refractivity contribution is -0.169. The summed E-state index contributed by atoms with van der Waals surface area (Å²) < 4.78 is 5.64. The van der Waals surface area contributed by atoms with Crippen LogP contribution in [0.1, 0.15) is 26.7 Å². The number of aliphatic hydroxyl groups is 1. The highest BCUT2D eigenvalue weighted by Crippen LogP contribution is 2.47. The number of rotatable bonds is 2. The number of morpholine rings is 1. The third-order valence-electron chi connectivity index (χ3n) is 3.35. The Hall–Kier alpha value is -1.12. The zero-order valence-electron chi connectivity index (χ0n) is 10.3. The first-order chi connectivity index (χ1) is 7.92. The zero-order chi connectivity index (χ0) is 12.7. The van der Waals surface area contributed by atoms with E-state index in [1.54, 1.807) is 4.90 Å². The highest BCUT2D eigenvalue weighted by Gasteiger charge is 2.54. The van der Waals surface area contributed by atoms with Crippen molar-refractivity contribution in [3.05, 3.63) is 0 Å². The topological polar surface area (TPSA) is 73.6 Å². The first-order valence-electron chi connectivity index (χ1n) is 5.92. The maximum absolute atomic E-state index is 12.2. The summed E-state index contributed by atoms with van der Waals surface area (Å²) in [4.78, 5) is 13.9. The first-order valence-corrected chi connectivity index (χ1v) is 5.92. The maximum Gasteiger partial charge on any atom is 0.243 e. The van der Waals surface area contributed by atoms with Crippen LogP contribution in [0.3, 0.4) is 0 Å². The SMILES string of the molecule is CC1(C)CN(C(=O)C2(C#N)CC2)CC(CO)O1. The molecular weight excluding hydrogens is 220 g/mol. The van der Waals surface area contributed by atoms with Gasteiger partial charge < -0.3 is 14.7 Å². The van der Waals surface area contributed by atoms with Gasteiger partial charge in [0.25, 0.3) is 0 Å². The minimum Gasteiger partial charge on any atom is -0.394 e. The Morgan fingerprint density at radius 1 is 1.59 bits per heavy atom. The minimum absolute atomic E-state index is 0.102. The summed E-state index contributed by atoms with van der Waals surface area (Å²) in [6.07, 6.45) is 0.963. The molecule has 1 aliphatic heterocycles. The summed E-state index contributed by atoms with van der Waals surface area (Å²) in [5, 5.41) is 18.2. The van der Waals surface area contributed by atoms with E-state index >= 15 is 0 Å². The van der Waals surface area contributed by atoms with E-state index in [0.29, 0.717) is 25.9 Å². The van der Waals surface area contributed by atoms with Crippen LogP contribution >= 0.6 is 0 Å². The predicted molar refractivity (Wildman–Crippen MR) is 59.9 cm³/mol. The van der Waals surface area contributed by atoms with Crippen molar-refractivity contribution in [3.63, 3.8) is 0 Å². The van der Waals surface area contributed by atoms with Gasteiger partial charge in [-0.15, -0.1) is 0 Å². The van der Waals surface area contributed by atoms with E-state index in [0.717, 1.165) is 0 Å². The van der Waals surface area contributed by atoms with Gasteiger partial charge in [0.05, 0.1) is 24.4 Å². The molecule has 17 heavy (non-hydrogen) atoms. The van der Waals surface area contributed by atoms with E-state index in [2.05, 4.69) is 6.07 Å². The average Bonchev–Trinajstić information content (AvgIpc) is 3.06. The second-order valence-corrected chi connectivity index (χ2v) is 5.56. The maximum atomic E-state index is 12.2. The molecule has 0 spiro atoms. The molecule has 1 aliphatic carbocycles. The molecule has 0 bridgehead atoms. The molecule has 1 saturated heterocycles. The van der Waals surface area contributed by atoms with Gasteiger partial charge in [0.15, 0.2) is 0 Å². The van der Waals surface area contributed by atoms with Crippen LogP contribution in [0.4, 0.5) is 0 Å². The van der Waals surface area contributed by atoms with E-state index in [4.69, 9.17) is 10.00 Å². The summed E-state index contributed by atoms with van der Waals surface area (Å²) in [5.41, 5.74) is -1.25. The van der Waals surface area contributed by atoms with Crippen LogP contribution in [0.5, 0.6) is 0 Å². The highest BCUT2D eigenvalue weighted by molar-refractivity contribution is 5.88. The van der Waals surface area contributed by atoms with Crippen LogP contribution in [0.15, 0.2) is 0 Å². The summed E-state index contributed by atoms with van der Waals surface area (Å²) in [6.45, 7) is 4.53. The standard InChI is InChI=1S/C12H18N2O3/c1-11(2)8-14(5-9(6-15)17-11)10(16)12(7-13)3-4-12/h9,15H,3-6,8H2,1-2H3. The molecule has 1 N–H and O–H groups in total. The first kappa shape index (κ1) is 12.3. The third-order valence-corrected chi connectivity index (χ3v) is 3.35. The van der Waals surface area contributed by atoms with Crippen molar-refractivity contribution in [2.24, 2.45) is 5.41 Å². The molecular formula is C12H18N2O3. The molecule has 94 valence electrons. The van der Waals surface area contributed by atoms with Gasteiger partial charge in [0.1, 0.15) is 5.41 Å². The molecule has 2 rings (SSSR count). The lowest BCUT2D eigenvalue weighted by Crippen LogP contribution is -2.56. The lowest BCUT2D eigenvalue weighted by Gasteiger charge is -2.42. The van der Waals surface area contributed by atoms with Crippen LogP contribution in [-0.4, -0.2) is 47.3 Å². The number of nitriles is 1. The van der Waals surface area contributed by atoms with Crippen LogP contribution in [0, 0.1) is 16.7 Å². The largest absolute Gasteiger partial charge is 0.394 e. The molecule has 1 saturated carbocycles. The van der Waals surface area contributed by atoms with Crippen molar-refractivity contribution in [2.45, 2.75) is 38.4 Å². The Labute approximate surface area is 101 Å². The minimum atomic E-state index is -0.784. The predicted octanol–water partition coefficient (Wildman–Crippen LogP) is 0.288. The van der Waals surface area contributed by atoms with Gasteiger partial charge in [0.2, 0.25) is 5.91 Å². The molecule has 1 atom stereocenters.